The van der Waals surface area contributed by atoms with Gasteiger partial charge in [0.2, 0.25) is 0 Å². The molecular formula is C14H22N2O4. The zero-order valence-electron chi connectivity index (χ0n) is 11.8. The van der Waals surface area contributed by atoms with E-state index in [-0.39, 0.29) is 23.6 Å². The van der Waals surface area contributed by atoms with Gasteiger partial charge in [-0.1, -0.05) is 12.8 Å². The Hall–Kier alpha value is -1.66. The molecule has 0 saturated carbocycles. The maximum Gasteiger partial charge on any atom is 0.350 e. The second kappa shape index (κ2) is 8.50. The number of carbonyl (C=O) groups excluding carboxylic acids is 1. The highest BCUT2D eigenvalue weighted by molar-refractivity contribution is 5.99. The first-order valence-corrected chi connectivity index (χ1v) is 6.84. The highest BCUT2D eigenvalue weighted by Crippen LogP contribution is 2.14. The Balaban J connectivity index is 2.39. The van der Waals surface area contributed by atoms with Gasteiger partial charge < -0.3 is 20.6 Å². The van der Waals surface area contributed by atoms with Gasteiger partial charge in [0.25, 0.3) is 0 Å². The van der Waals surface area contributed by atoms with Crippen molar-refractivity contribution in [2.24, 2.45) is 5.73 Å². The van der Waals surface area contributed by atoms with Crippen molar-refractivity contribution < 1.29 is 14.3 Å². The van der Waals surface area contributed by atoms with Crippen LogP contribution in [0.5, 0.6) is 5.75 Å². The number of rotatable bonds is 9. The number of hydrogen-bond acceptors (Lipinski definition) is 6. The third-order valence-corrected chi connectivity index (χ3v) is 2.93. The first-order chi connectivity index (χ1) is 9.56. The van der Waals surface area contributed by atoms with Crippen molar-refractivity contribution in [3.8, 4) is 5.75 Å². The first-order valence-electron chi connectivity index (χ1n) is 6.84. The molecule has 6 heteroatoms. The van der Waals surface area contributed by atoms with Gasteiger partial charge in [-0.05, 0) is 32.9 Å². The van der Waals surface area contributed by atoms with E-state index in [1.54, 1.807) is 0 Å². The van der Waals surface area contributed by atoms with Crippen LogP contribution < -0.4 is 16.7 Å². The van der Waals surface area contributed by atoms with E-state index in [4.69, 9.17) is 10.2 Å². The van der Waals surface area contributed by atoms with Crippen LogP contribution in [-0.2, 0) is 0 Å². The van der Waals surface area contributed by atoms with Crippen LogP contribution in [0.15, 0.2) is 15.3 Å². The molecule has 4 N–H and O–H groups in total. The monoisotopic (exact) mass is 282 g/mol. The van der Waals surface area contributed by atoms with Crippen molar-refractivity contribution in [3.63, 3.8) is 0 Å². The summed E-state index contributed by atoms with van der Waals surface area (Å²) in [4.78, 5) is 23.4. The SMILES string of the molecule is Cc1cc(O)c(C(=O)CNCCCCCCN)c(=O)o1. The van der Waals surface area contributed by atoms with Crippen LogP contribution in [0.2, 0.25) is 0 Å². The normalized spacial score (nSPS) is 10.7. The molecule has 0 spiro atoms. The summed E-state index contributed by atoms with van der Waals surface area (Å²) in [6, 6.07) is 1.27. The quantitative estimate of drug-likeness (QED) is 0.460. The van der Waals surface area contributed by atoms with Gasteiger partial charge in [-0.25, -0.2) is 4.79 Å². The predicted molar refractivity (Wildman–Crippen MR) is 76.1 cm³/mol. The van der Waals surface area contributed by atoms with E-state index in [0.29, 0.717) is 13.1 Å². The molecule has 0 saturated heterocycles. The van der Waals surface area contributed by atoms with E-state index in [2.05, 4.69) is 5.32 Å². The number of nitrogens with one attached hydrogen (secondary N) is 1. The summed E-state index contributed by atoms with van der Waals surface area (Å²) in [5.41, 5.74) is 4.31. The molecule has 0 aliphatic heterocycles. The van der Waals surface area contributed by atoms with E-state index >= 15 is 0 Å². The predicted octanol–water partition coefficient (Wildman–Crippen LogP) is 0.945. The maximum atomic E-state index is 11.8. The number of ketones is 1. The van der Waals surface area contributed by atoms with Crippen molar-refractivity contribution in [2.75, 3.05) is 19.6 Å². The van der Waals surface area contributed by atoms with Crippen LogP contribution in [0, 0.1) is 6.92 Å². The number of nitrogens with two attached hydrogens (primary N) is 1. The van der Waals surface area contributed by atoms with Crippen LogP contribution in [0.1, 0.15) is 41.8 Å². The number of hydrogen-bond donors (Lipinski definition) is 3. The van der Waals surface area contributed by atoms with Crippen LogP contribution in [0.4, 0.5) is 0 Å². The lowest BCUT2D eigenvalue weighted by molar-refractivity contribution is 0.0984. The summed E-state index contributed by atoms with van der Waals surface area (Å²) < 4.78 is 4.81. The standard InChI is InChI=1S/C14H22N2O4/c1-10-8-11(17)13(14(19)20-10)12(18)9-16-7-5-3-2-4-6-15/h8,16-17H,2-7,9,15H2,1H3. The molecule has 0 radical (unpaired) electrons. The zero-order chi connectivity index (χ0) is 15.0. The molecule has 20 heavy (non-hydrogen) atoms. The lowest BCUT2D eigenvalue weighted by atomic mass is 10.1. The average Bonchev–Trinajstić information content (AvgIpc) is 2.36. The maximum absolute atomic E-state index is 11.8. The molecule has 0 amide bonds. The Morgan fingerprint density at radius 1 is 1.35 bits per heavy atom. The smallest absolute Gasteiger partial charge is 0.350 e. The third kappa shape index (κ3) is 5.14. The van der Waals surface area contributed by atoms with E-state index in [1.807, 2.05) is 0 Å². The van der Waals surface area contributed by atoms with Crippen LogP contribution in [-0.4, -0.2) is 30.5 Å². The Labute approximate surface area is 118 Å². The average molecular weight is 282 g/mol. The lowest BCUT2D eigenvalue weighted by Crippen LogP contribution is -2.27. The Kier molecular flexibility index (Phi) is 6.97. The minimum atomic E-state index is -0.794. The first kappa shape index (κ1) is 16.4. The molecular weight excluding hydrogens is 260 g/mol. The van der Waals surface area contributed by atoms with Gasteiger partial charge in [0.05, 0.1) is 6.54 Å². The van der Waals surface area contributed by atoms with E-state index in [9.17, 15) is 14.7 Å². The fraction of sp³-hybridized carbons (Fsp3) is 0.571. The van der Waals surface area contributed by atoms with Gasteiger partial charge in [-0.3, -0.25) is 4.79 Å². The molecule has 0 bridgehead atoms. The molecule has 1 aromatic heterocycles. The molecule has 1 aromatic rings. The fourth-order valence-corrected chi connectivity index (χ4v) is 1.89. The number of aryl methyl sites for hydroxylation is 1. The van der Waals surface area contributed by atoms with Gasteiger partial charge >= 0.3 is 5.63 Å². The highest BCUT2D eigenvalue weighted by Gasteiger charge is 2.17. The topological polar surface area (TPSA) is 106 Å². The molecule has 0 aliphatic rings. The largest absolute Gasteiger partial charge is 0.507 e. The molecule has 1 rings (SSSR count). The summed E-state index contributed by atoms with van der Waals surface area (Å²) >= 11 is 0. The summed E-state index contributed by atoms with van der Waals surface area (Å²) in [7, 11) is 0. The zero-order valence-corrected chi connectivity index (χ0v) is 11.8. The summed E-state index contributed by atoms with van der Waals surface area (Å²) in [6.07, 6.45) is 4.09. The van der Waals surface area contributed by atoms with Crippen molar-refractivity contribution in [3.05, 3.63) is 27.8 Å². The second-order valence-electron chi connectivity index (χ2n) is 4.71. The van der Waals surface area contributed by atoms with E-state index in [1.165, 1.54) is 13.0 Å². The summed E-state index contributed by atoms with van der Waals surface area (Å²) in [5, 5.41) is 12.6. The third-order valence-electron chi connectivity index (χ3n) is 2.93. The lowest BCUT2D eigenvalue weighted by Gasteiger charge is -2.05. The molecule has 0 fully saturated rings. The summed E-state index contributed by atoms with van der Waals surface area (Å²) in [6.45, 7) is 2.94. The Morgan fingerprint density at radius 3 is 2.70 bits per heavy atom. The van der Waals surface area contributed by atoms with Crippen LogP contribution in [0.3, 0.4) is 0 Å². The molecule has 0 aromatic carbocycles. The fourth-order valence-electron chi connectivity index (χ4n) is 1.89. The van der Waals surface area contributed by atoms with Gasteiger partial charge in [0.15, 0.2) is 5.78 Å². The van der Waals surface area contributed by atoms with Crippen molar-refractivity contribution in [2.45, 2.75) is 32.6 Å². The molecule has 1 heterocycles. The number of carbonyl (C=O) groups is 1. The minimum Gasteiger partial charge on any atom is -0.507 e. The Bertz CT molecular complexity index is 496. The van der Waals surface area contributed by atoms with Gasteiger partial charge in [-0.15, -0.1) is 0 Å². The summed E-state index contributed by atoms with van der Waals surface area (Å²) in [5.74, 6) is -0.511. The van der Waals surface area contributed by atoms with Crippen molar-refractivity contribution in [1.29, 1.82) is 0 Å². The number of aromatic hydroxyl groups is 1. The second-order valence-corrected chi connectivity index (χ2v) is 4.71. The number of unbranched alkanes of at least 4 members (excludes halogenated alkanes) is 3. The van der Waals surface area contributed by atoms with Crippen molar-refractivity contribution >= 4 is 5.78 Å². The van der Waals surface area contributed by atoms with Crippen molar-refractivity contribution in [1.82, 2.24) is 5.32 Å². The molecule has 112 valence electrons. The minimum absolute atomic E-state index is 0.0122. The van der Waals surface area contributed by atoms with Crippen LogP contribution >= 0.6 is 0 Å². The van der Waals surface area contributed by atoms with Crippen LogP contribution in [0.25, 0.3) is 0 Å². The van der Waals surface area contributed by atoms with E-state index in [0.717, 1.165) is 25.7 Å². The van der Waals surface area contributed by atoms with Gasteiger partial charge in [0, 0.05) is 6.07 Å². The highest BCUT2D eigenvalue weighted by atomic mass is 16.4. The Morgan fingerprint density at radius 2 is 2.05 bits per heavy atom. The molecule has 6 nitrogen and oxygen atoms in total. The molecule has 0 unspecified atom stereocenters. The van der Waals surface area contributed by atoms with Gasteiger partial charge in [-0.2, -0.15) is 0 Å². The number of Topliss-reactive ketones (excluding diaryl/α,β-unsaturated/α-hetero) is 1. The molecule has 0 aliphatic carbocycles. The van der Waals surface area contributed by atoms with Gasteiger partial charge in [0.1, 0.15) is 17.1 Å². The van der Waals surface area contributed by atoms with E-state index < -0.39 is 11.4 Å². The molecule has 0 atom stereocenters.